The summed E-state index contributed by atoms with van der Waals surface area (Å²) in [7, 11) is 0. The van der Waals surface area contributed by atoms with E-state index in [1.165, 1.54) is 0 Å². The molecule has 212 valence electrons. The Kier molecular flexibility index (Phi) is 10.9. The third-order valence-electron chi connectivity index (χ3n) is 5.91. The van der Waals surface area contributed by atoms with Gasteiger partial charge in [0.05, 0.1) is 6.61 Å². The molecule has 2 atom stereocenters. The monoisotopic (exact) mass is 603 g/mol. The normalized spacial score (nSPS) is 18.7. The summed E-state index contributed by atoms with van der Waals surface area (Å²) in [5, 5.41) is 8.98. The number of aliphatic hydroxyl groups is 1. The number of rotatable bonds is 13. The molecule has 0 fully saturated rings. The van der Waals surface area contributed by atoms with Gasteiger partial charge in [-0.25, -0.2) is 10.4 Å². The van der Waals surface area contributed by atoms with Gasteiger partial charge in [-0.1, -0.05) is 35.0 Å². The summed E-state index contributed by atoms with van der Waals surface area (Å²) in [6, 6.07) is 14.7. The average Bonchev–Trinajstić information content (AvgIpc) is 3.28. The van der Waals surface area contributed by atoms with Gasteiger partial charge in [0.15, 0.2) is 11.6 Å². The molecule has 0 saturated heterocycles. The molecular formula is C29H38BrN3O6. The van der Waals surface area contributed by atoms with Crippen molar-refractivity contribution >= 4 is 33.7 Å². The Morgan fingerprint density at radius 2 is 1.82 bits per heavy atom. The number of hydrazine groups is 1. The van der Waals surface area contributed by atoms with Crippen LogP contribution in [0.2, 0.25) is 0 Å². The van der Waals surface area contributed by atoms with E-state index in [4.69, 9.17) is 24.3 Å². The highest BCUT2D eigenvalue weighted by atomic mass is 79.9. The fraction of sp³-hybridized carbons (Fsp3) is 0.483. The van der Waals surface area contributed by atoms with Crippen LogP contribution >= 0.6 is 15.9 Å². The smallest absolute Gasteiger partial charge is 0.306 e. The molecule has 1 aliphatic rings. The lowest BCUT2D eigenvalue weighted by Crippen LogP contribution is -2.53. The zero-order chi connectivity index (χ0) is 28.5. The standard InChI is InChI=1S/C29H38BrN3O6/c1-5-17-31-33-27(36)29(16-15-24(35)39-28(2,3)4)25(20-7-11-22(30)12-8-20)38-26(32-29)21-9-13-23(14-10-21)37-19-6-18-34/h7-14,25,31,34H,5-6,15-19H2,1-4H3,(H,33,36)/t25-,29-/m0/s1. The summed E-state index contributed by atoms with van der Waals surface area (Å²) in [6.07, 6.45) is 0.622. The Morgan fingerprint density at radius 1 is 1.13 bits per heavy atom. The Morgan fingerprint density at radius 3 is 2.44 bits per heavy atom. The van der Waals surface area contributed by atoms with Crippen molar-refractivity contribution in [3.63, 3.8) is 0 Å². The predicted octanol–water partition coefficient (Wildman–Crippen LogP) is 4.62. The molecule has 0 aromatic heterocycles. The minimum Gasteiger partial charge on any atom is -0.494 e. The number of carbonyl (C=O) groups is 2. The molecule has 0 saturated carbocycles. The first kappa shape index (κ1) is 30.6. The van der Waals surface area contributed by atoms with Crippen molar-refractivity contribution in [2.45, 2.75) is 70.6 Å². The minimum atomic E-state index is -1.43. The van der Waals surface area contributed by atoms with Crippen LogP contribution in [0.25, 0.3) is 0 Å². The van der Waals surface area contributed by atoms with Gasteiger partial charge in [0, 0.05) is 36.0 Å². The van der Waals surface area contributed by atoms with Crippen LogP contribution in [0.5, 0.6) is 5.75 Å². The van der Waals surface area contributed by atoms with Gasteiger partial charge in [-0.2, -0.15) is 0 Å². The third-order valence-corrected chi connectivity index (χ3v) is 6.44. The van der Waals surface area contributed by atoms with E-state index in [2.05, 4.69) is 26.8 Å². The summed E-state index contributed by atoms with van der Waals surface area (Å²) in [4.78, 5) is 31.4. The Hall–Kier alpha value is -2.95. The van der Waals surface area contributed by atoms with Crippen molar-refractivity contribution in [2.75, 3.05) is 19.8 Å². The fourth-order valence-corrected chi connectivity index (χ4v) is 4.33. The van der Waals surface area contributed by atoms with Crippen molar-refractivity contribution in [1.29, 1.82) is 0 Å². The molecule has 0 radical (unpaired) electrons. The molecule has 39 heavy (non-hydrogen) atoms. The lowest BCUT2D eigenvalue weighted by atomic mass is 9.83. The first-order chi connectivity index (χ1) is 18.6. The summed E-state index contributed by atoms with van der Waals surface area (Å²) in [5.74, 6) is 0.123. The molecule has 3 rings (SSSR count). The molecule has 2 aromatic carbocycles. The molecule has 1 heterocycles. The number of halogens is 1. The first-order valence-electron chi connectivity index (χ1n) is 13.2. The first-order valence-corrected chi connectivity index (χ1v) is 14.0. The van der Waals surface area contributed by atoms with Crippen LogP contribution in [-0.2, 0) is 19.1 Å². The minimum absolute atomic E-state index is 0.0245. The van der Waals surface area contributed by atoms with Gasteiger partial charge in [0.1, 0.15) is 11.4 Å². The van der Waals surface area contributed by atoms with E-state index < -0.39 is 29.1 Å². The number of carbonyl (C=O) groups excluding carboxylic acids is 2. The van der Waals surface area contributed by atoms with Gasteiger partial charge in [0.2, 0.25) is 5.90 Å². The predicted molar refractivity (Wildman–Crippen MR) is 152 cm³/mol. The van der Waals surface area contributed by atoms with Crippen LogP contribution in [0.3, 0.4) is 0 Å². The fourth-order valence-electron chi connectivity index (χ4n) is 4.07. The van der Waals surface area contributed by atoms with E-state index in [-0.39, 0.29) is 19.4 Å². The third kappa shape index (κ3) is 8.52. The topological polar surface area (TPSA) is 118 Å². The van der Waals surface area contributed by atoms with Crippen LogP contribution in [0.4, 0.5) is 0 Å². The van der Waals surface area contributed by atoms with E-state index in [0.717, 1.165) is 16.5 Å². The molecule has 0 bridgehead atoms. The molecule has 10 heteroatoms. The maximum Gasteiger partial charge on any atom is 0.306 e. The van der Waals surface area contributed by atoms with Crippen LogP contribution in [0.15, 0.2) is 58.0 Å². The number of ether oxygens (including phenoxy) is 3. The zero-order valence-corrected chi connectivity index (χ0v) is 24.5. The molecule has 0 aliphatic carbocycles. The number of hydrogen-bond donors (Lipinski definition) is 3. The van der Waals surface area contributed by atoms with E-state index in [0.29, 0.717) is 36.8 Å². The Bertz CT molecular complexity index is 1130. The van der Waals surface area contributed by atoms with E-state index >= 15 is 0 Å². The number of aliphatic imine (C=N–C) groups is 1. The number of esters is 1. The molecule has 2 aromatic rings. The summed E-state index contributed by atoms with van der Waals surface area (Å²) in [6.45, 7) is 8.44. The molecule has 0 spiro atoms. The number of nitrogens with one attached hydrogen (secondary N) is 2. The van der Waals surface area contributed by atoms with E-state index in [1.807, 2.05) is 43.3 Å². The summed E-state index contributed by atoms with van der Waals surface area (Å²) >= 11 is 3.46. The molecule has 1 amide bonds. The largest absolute Gasteiger partial charge is 0.494 e. The second kappa shape index (κ2) is 13.9. The van der Waals surface area contributed by atoms with Crippen LogP contribution in [-0.4, -0.2) is 53.8 Å². The highest BCUT2D eigenvalue weighted by molar-refractivity contribution is 9.10. The highest BCUT2D eigenvalue weighted by Gasteiger charge is 2.53. The quantitative estimate of drug-likeness (QED) is 0.174. The lowest BCUT2D eigenvalue weighted by molar-refractivity contribution is -0.155. The summed E-state index contributed by atoms with van der Waals surface area (Å²) < 4.78 is 18.5. The Balaban J connectivity index is 1.99. The second-order valence-electron chi connectivity index (χ2n) is 10.3. The van der Waals surface area contributed by atoms with Gasteiger partial charge in [-0.05, 0) is 75.6 Å². The maximum absolute atomic E-state index is 13.8. The SMILES string of the molecule is CCCNNC(=O)[C@@]1(CCC(=O)OC(C)(C)C)N=C(c2ccc(OCCCO)cc2)O[C@H]1c1ccc(Br)cc1. The van der Waals surface area contributed by atoms with Crippen LogP contribution in [0, 0.1) is 0 Å². The van der Waals surface area contributed by atoms with Crippen molar-refractivity contribution < 1.29 is 28.9 Å². The van der Waals surface area contributed by atoms with Gasteiger partial charge in [-0.3, -0.25) is 15.0 Å². The van der Waals surface area contributed by atoms with Gasteiger partial charge < -0.3 is 19.3 Å². The molecule has 9 nitrogen and oxygen atoms in total. The van der Waals surface area contributed by atoms with Crippen molar-refractivity contribution in [1.82, 2.24) is 10.9 Å². The molecule has 3 N–H and O–H groups in total. The van der Waals surface area contributed by atoms with Gasteiger partial charge >= 0.3 is 5.97 Å². The Labute approximate surface area is 238 Å². The van der Waals surface area contributed by atoms with E-state index in [9.17, 15) is 9.59 Å². The van der Waals surface area contributed by atoms with Crippen LogP contribution < -0.4 is 15.6 Å². The number of hydrogen-bond acceptors (Lipinski definition) is 8. The van der Waals surface area contributed by atoms with Crippen molar-refractivity contribution in [3.8, 4) is 5.75 Å². The van der Waals surface area contributed by atoms with Crippen molar-refractivity contribution in [3.05, 3.63) is 64.1 Å². The van der Waals surface area contributed by atoms with Gasteiger partial charge in [-0.15, -0.1) is 0 Å². The number of amides is 1. The highest BCUT2D eigenvalue weighted by Crippen LogP contribution is 2.43. The van der Waals surface area contributed by atoms with Crippen molar-refractivity contribution in [2.24, 2.45) is 4.99 Å². The maximum atomic E-state index is 13.8. The molecule has 0 unspecified atom stereocenters. The number of aliphatic hydroxyl groups excluding tert-OH is 1. The van der Waals surface area contributed by atoms with E-state index in [1.54, 1.807) is 32.9 Å². The summed E-state index contributed by atoms with van der Waals surface area (Å²) in [5.41, 5.74) is 5.06. The van der Waals surface area contributed by atoms with Crippen LogP contribution in [0.1, 0.15) is 70.6 Å². The molecular weight excluding hydrogens is 566 g/mol. The second-order valence-corrected chi connectivity index (χ2v) is 11.2. The zero-order valence-electron chi connectivity index (χ0n) is 23.0. The number of benzene rings is 2. The lowest BCUT2D eigenvalue weighted by Gasteiger charge is -2.31. The number of nitrogens with zero attached hydrogens (tertiary/aromatic N) is 1. The molecule has 1 aliphatic heterocycles. The van der Waals surface area contributed by atoms with Gasteiger partial charge in [0.25, 0.3) is 5.91 Å². The average molecular weight is 605 g/mol.